The van der Waals surface area contributed by atoms with Gasteiger partial charge < -0.3 is 10.6 Å². The summed E-state index contributed by atoms with van der Waals surface area (Å²) < 4.78 is 0. The van der Waals surface area contributed by atoms with Crippen LogP contribution in [0.3, 0.4) is 0 Å². The fourth-order valence-corrected chi connectivity index (χ4v) is 5.44. The smallest absolute Gasteiger partial charge is 0.227 e. The Bertz CT molecular complexity index is 743. The Kier molecular flexibility index (Phi) is 5.89. The SMILES string of the molecule is O=C(CC1CSCCN1)Nc1nc2c(s1)CN(Cc1ccccc1)CC2. The van der Waals surface area contributed by atoms with Gasteiger partial charge in [-0.1, -0.05) is 30.3 Å². The molecule has 1 aromatic carbocycles. The van der Waals surface area contributed by atoms with Crippen LogP contribution in [0, 0.1) is 0 Å². The predicted octanol–water partition coefficient (Wildman–Crippen LogP) is 2.74. The van der Waals surface area contributed by atoms with E-state index in [2.05, 4.69) is 50.8 Å². The van der Waals surface area contributed by atoms with Crippen LogP contribution >= 0.6 is 23.1 Å². The summed E-state index contributed by atoms with van der Waals surface area (Å²) in [5, 5.41) is 7.17. The van der Waals surface area contributed by atoms with Gasteiger partial charge in [0.1, 0.15) is 0 Å². The van der Waals surface area contributed by atoms with Crippen molar-refractivity contribution in [1.29, 1.82) is 0 Å². The van der Waals surface area contributed by atoms with E-state index >= 15 is 0 Å². The molecule has 0 spiro atoms. The van der Waals surface area contributed by atoms with E-state index < -0.39 is 0 Å². The van der Waals surface area contributed by atoms with Crippen molar-refractivity contribution in [3.8, 4) is 0 Å². The molecule has 1 unspecified atom stereocenters. The molecule has 0 bridgehead atoms. The van der Waals surface area contributed by atoms with Gasteiger partial charge in [0.05, 0.1) is 5.69 Å². The van der Waals surface area contributed by atoms with E-state index in [9.17, 15) is 4.79 Å². The zero-order valence-electron chi connectivity index (χ0n) is 14.7. The van der Waals surface area contributed by atoms with Crippen molar-refractivity contribution in [3.63, 3.8) is 0 Å². The number of fused-ring (bicyclic) bond motifs is 1. The highest BCUT2D eigenvalue weighted by Crippen LogP contribution is 2.29. The lowest BCUT2D eigenvalue weighted by atomic mass is 10.1. The lowest BCUT2D eigenvalue weighted by molar-refractivity contribution is -0.116. The monoisotopic (exact) mass is 388 g/mol. The van der Waals surface area contributed by atoms with E-state index in [4.69, 9.17) is 0 Å². The van der Waals surface area contributed by atoms with Gasteiger partial charge in [0.15, 0.2) is 5.13 Å². The largest absolute Gasteiger partial charge is 0.312 e. The van der Waals surface area contributed by atoms with E-state index in [1.165, 1.54) is 10.4 Å². The highest BCUT2D eigenvalue weighted by molar-refractivity contribution is 7.99. The minimum Gasteiger partial charge on any atom is -0.312 e. The van der Waals surface area contributed by atoms with Crippen LogP contribution in [0.1, 0.15) is 22.6 Å². The fraction of sp³-hybridized carbons (Fsp3) is 0.474. The number of hydrogen-bond acceptors (Lipinski definition) is 6. The van der Waals surface area contributed by atoms with Crippen LogP contribution in [-0.4, -0.2) is 46.4 Å². The first-order chi connectivity index (χ1) is 12.8. The van der Waals surface area contributed by atoms with Crippen LogP contribution in [0.4, 0.5) is 5.13 Å². The van der Waals surface area contributed by atoms with Gasteiger partial charge in [-0.05, 0) is 5.56 Å². The Hall–Kier alpha value is -1.41. The Morgan fingerprint density at radius 3 is 3.04 bits per heavy atom. The van der Waals surface area contributed by atoms with E-state index in [0.29, 0.717) is 6.42 Å². The number of rotatable bonds is 5. The van der Waals surface area contributed by atoms with E-state index in [1.54, 1.807) is 11.3 Å². The normalized spacial score (nSPS) is 20.5. The van der Waals surface area contributed by atoms with E-state index in [1.807, 2.05) is 11.8 Å². The van der Waals surface area contributed by atoms with Gasteiger partial charge in [-0.25, -0.2) is 4.98 Å². The lowest BCUT2D eigenvalue weighted by Gasteiger charge is -2.25. The highest BCUT2D eigenvalue weighted by atomic mass is 32.2. The van der Waals surface area contributed by atoms with E-state index in [0.717, 1.165) is 54.9 Å². The van der Waals surface area contributed by atoms with Crippen molar-refractivity contribution in [3.05, 3.63) is 46.5 Å². The van der Waals surface area contributed by atoms with Crippen molar-refractivity contribution in [2.24, 2.45) is 0 Å². The number of anilines is 1. The van der Waals surface area contributed by atoms with E-state index in [-0.39, 0.29) is 11.9 Å². The van der Waals surface area contributed by atoms with Crippen molar-refractivity contribution < 1.29 is 4.79 Å². The summed E-state index contributed by atoms with van der Waals surface area (Å²) in [6.07, 6.45) is 1.48. The maximum atomic E-state index is 12.3. The number of amides is 1. The highest BCUT2D eigenvalue weighted by Gasteiger charge is 2.22. The summed E-state index contributed by atoms with van der Waals surface area (Å²) in [6, 6.07) is 10.9. The molecule has 3 heterocycles. The number of thioether (sulfide) groups is 1. The van der Waals surface area contributed by atoms with Crippen molar-refractivity contribution in [2.45, 2.75) is 32.0 Å². The molecule has 2 aliphatic heterocycles. The summed E-state index contributed by atoms with van der Waals surface area (Å²) in [6.45, 7) is 3.89. The number of nitrogens with one attached hydrogen (secondary N) is 2. The van der Waals surface area contributed by atoms with Gasteiger partial charge in [0.2, 0.25) is 5.91 Å². The molecular weight excluding hydrogens is 364 g/mol. The van der Waals surface area contributed by atoms with Crippen LogP contribution in [0.5, 0.6) is 0 Å². The minimum absolute atomic E-state index is 0.0669. The third kappa shape index (κ3) is 4.65. The number of thiazole rings is 1. The Morgan fingerprint density at radius 1 is 1.35 bits per heavy atom. The van der Waals surface area contributed by atoms with Gasteiger partial charge in [-0.15, -0.1) is 11.3 Å². The van der Waals surface area contributed by atoms with Crippen LogP contribution in [0.15, 0.2) is 30.3 Å². The topological polar surface area (TPSA) is 57.3 Å². The van der Waals surface area contributed by atoms with Gasteiger partial charge in [-0.3, -0.25) is 9.69 Å². The molecule has 1 amide bonds. The molecule has 2 N–H and O–H groups in total. The minimum atomic E-state index is 0.0669. The summed E-state index contributed by atoms with van der Waals surface area (Å²) in [5.41, 5.74) is 2.49. The fourth-order valence-electron chi connectivity index (χ4n) is 3.42. The Morgan fingerprint density at radius 2 is 2.23 bits per heavy atom. The lowest BCUT2D eigenvalue weighted by Crippen LogP contribution is -2.39. The van der Waals surface area contributed by atoms with Crippen LogP contribution in [0.2, 0.25) is 0 Å². The number of nitrogens with zero attached hydrogens (tertiary/aromatic N) is 2. The molecule has 0 saturated carbocycles. The first-order valence-corrected chi connectivity index (χ1v) is 11.1. The average molecular weight is 389 g/mol. The third-order valence-electron chi connectivity index (χ3n) is 4.74. The van der Waals surface area contributed by atoms with Gasteiger partial charge in [0, 0.05) is 61.4 Å². The molecule has 1 fully saturated rings. The number of aromatic nitrogens is 1. The molecule has 138 valence electrons. The van der Waals surface area contributed by atoms with Crippen molar-refractivity contribution in [2.75, 3.05) is 29.9 Å². The molecule has 2 aliphatic rings. The summed E-state index contributed by atoms with van der Waals surface area (Å²) >= 11 is 3.54. The van der Waals surface area contributed by atoms with Crippen LogP contribution in [-0.2, 0) is 24.3 Å². The van der Waals surface area contributed by atoms with Crippen molar-refractivity contribution in [1.82, 2.24) is 15.2 Å². The van der Waals surface area contributed by atoms with Crippen LogP contribution in [0.25, 0.3) is 0 Å². The molecule has 0 radical (unpaired) electrons. The van der Waals surface area contributed by atoms with Gasteiger partial charge in [0.25, 0.3) is 0 Å². The summed E-state index contributed by atoms with van der Waals surface area (Å²) in [4.78, 5) is 20.7. The maximum absolute atomic E-state index is 12.3. The molecule has 4 rings (SSSR count). The van der Waals surface area contributed by atoms with Gasteiger partial charge in [-0.2, -0.15) is 11.8 Å². The zero-order chi connectivity index (χ0) is 17.8. The first-order valence-electron chi connectivity index (χ1n) is 9.12. The Balaban J connectivity index is 1.33. The second kappa shape index (κ2) is 8.52. The van der Waals surface area contributed by atoms with Crippen molar-refractivity contribution >= 4 is 34.1 Å². The molecule has 0 aliphatic carbocycles. The zero-order valence-corrected chi connectivity index (χ0v) is 16.4. The Labute approximate surface area is 162 Å². The number of carbonyl (C=O) groups excluding carboxylic acids is 1. The number of hydrogen-bond donors (Lipinski definition) is 2. The molecule has 7 heteroatoms. The maximum Gasteiger partial charge on any atom is 0.227 e. The van der Waals surface area contributed by atoms with Gasteiger partial charge >= 0.3 is 0 Å². The molecule has 1 aromatic heterocycles. The first kappa shape index (κ1) is 18.0. The molecule has 1 saturated heterocycles. The second-order valence-corrected chi connectivity index (χ2v) is 9.05. The third-order valence-corrected chi connectivity index (χ3v) is 6.86. The quantitative estimate of drug-likeness (QED) is 0.825. The molecular formula is C19H24N4OS2. The molecule has 2 aromatic rings. The number of benzene rings is 1. The summed E-state index contributed by atoms with van der Waals surface area (Å²) in [7, 11) is 0. The average Bonchev–Trinajstić information content (AvgIpc) is 3.04. The number of carbonyl (C=O) groups is 1. The second-order valence-electron chi connectivity index (χ2n) is 6.81. The molecule has 5 nitrogen and oxygen atoms in total. The molecule has 1 atom stereocenters. The van der Waals surface area contributed by atoms with Crippen LogP contribution < -0.4 is 10.6 Å². The summed E-state index contributed by atoms with van der Waals surface area (Å²) in [5.74, 6) is 2.21. The standard InChI is InChI=1S/C19H24N4OS2/c24-18(10-15-13-25-9-7-20-15)22-19-21-16-6-8-23(12-17(16)26-19)11-14-4-2-1-3-5-14/h1-5,15,20H,6-13H2,(H,21,22,24). The predicted molar refractivity (Wildman–Crippen MR) is 109 cm³/mol. The molecule has 26 heavy (non-hydrogen) atoms.